The molecule has 3 heterocycles. The number of carbonyl (C=O) groups is 2. The number of halogens is 1. The highest BCUT2D eigenvalue weighted by molar-refractivity contribution is 6.32. The molecule has 0 saturated carbocycles. The number of amides is 1. The Morgan fingerprint density at radius 2 is 1.74 bits per heavy atom. The lowest BCUT2D eigenvalue weighted by Crippen LogP contribution is -2.44. The standard InChI is InChI=1S/C31H41ClN6O5.C2H4O2/c1-19-18-21(32)26(20-10-11-31(2,3)24(19)20)43-23-9-8-22(42-23)27(39)34-25-28(40-5)35-30(36-29(25)41-6)33-12-7-13-38-16-14-37(4)15-17-38;1-2(3)4/h8-9,18H,7,10-17H2,1-6H3,(H,34,39)(H,33,35,36);1H3,(H,3,4). The van der Waals surface area contributed by atoms with E-state index in [4.69, 9.17) is 40.1 Å². The number of carboxylic acid groups (broad SMARTS) is 1. The van der Waals surface area contributed by atoms with E-state index in [1.54, 1.807) is 6.07 Å². The average Bonchev–Trinajstić information content (AvgIpc) is 3.62. The van der Waals surface area contributed by atoms with Gasteiger partial charge in [-0.1, -0.05) is 25.4 Å². The molecular formula is C33H45ClN6O7. The minimum absolute atomic E-state index is 0.0328. The Morgan fingerprint density at radius 3 is 2.36 bits per heavy atom. The smallest absolute Gasteiger partial charge is 0.300 e. The Kier molecular flexibility index (Phi) is 11.9. The fourth-order valence-electron chi connectivity index (χ4n) is 5.93. The monoisotopic (exact) mass is 672 g/mol. The number of likely N-dealkylation sites (N-methyl/N-ethyl adjacent to an activating group) is 1. The summed E-state index contributed by atoms with van der Waals surface area (Å²) >= 11 is 6.60. The van der Waals surface area contributed by atoms with Crippen molar-refractivity contribution < 1.29 is 33.3 Å². The number of nitrogens with zero attached hydrogens (tertiary/aromatic N) is 4. The summed E-state index contributed by atoms with van der Waals surface area (Å²) in [6.07, 6.45) is 2.80. The zero-order valence-corrected chi connectivity index (χ0v) is 28.9. The first-order chi connectivity index (χ1) is 22.3. The SMILES string of the molecule is CC(=O)O.COc1nc(NCCCN2CCN(C)CC2)nc(OC)c1NC(=O)c1ccc(Oc2c(Cl)cc(C)c3c2CCC3(C)C)o1. The molecule has 0 unspecified atom stereocenters. The number of furan rings is 1. The summed E-state index contributed by atoms with van der Waals surface area (Å²) in [5.74, 6) is 0.0645. The van der Waals surface area contributed by atoms with Gasteiger partial charge in [-0.05, 0) is 68.5 Å². The topological polar surface area (TPSA) is 152 Å². The number of carbonyl (C=O) groups excluding carboxylic acids is 1. The highest BCUT2D eigenvalue weighted by atomic mass is 35.5. The largest absolute Gasteiger partial charge is 0.481 e. The number of nitrogens with one attached hydrogen (secondary N) is 2. The predicted octanol–water partition coefficient (Wildman–Crippen LogP) is 5.46. The van der Waals surface area contributed by atoms with Crippen LogP contribution in [0.3, 0.4) is 0 Å². The van der Waals surface area contributed by atoms with Gasteiger partial charge in [0, 0.05) is 51.3 Å². The van der Waals surface area contributed by atoms with E-state index in [1.165, 1.54) is 25.8 Å². The van der Waals surface area contributed by atoms with E-state index in [9.17, 15) is 4.79 Å². The molecule has 0 bridgehead atoms. The van der Waals surface area contributed by atoms with Crippen molar-refractivity contribution in [1.29, 1.82) is 0 Å². The number of benzene rings is 1. The third-order valence-corrected chi connectivity index (χ3v) is 8.49. The lowest BCUT2D eigenvalue weighted by molar-refractivity contribution is -0.134. The van der Waals surface area contributed by atoms with Crippen molar-refractivity contribution in [3.63, 3.8) is 0 Å². The van der Waals surface area contributed by atoms with Gasteiger partial charge in [-0.2, -0.15) is 9.97 Å². The van der Waals surface area contributed by atoms with Gasteiger partial charge in [0.15, 0.2) is 17.2 Å². The molecule has 5 rings (SSSR count). The van der Waals surface area contributed by atoms with Crippen LogP contribution in [0.5, 0.6) is 23.5 Å². The first-order valence-electron chi connectivity index (χ1n) is 15.6. The van der Waals surface area contributed by atoms with Gasteiger partial charge in [0.05, 0.1) is 19.2 Å². The maximum absolute atomic E-state index is 13.2. The summed E-state index contributed by atoms with van der Waals surface area (Å²) in [6, 6.07) is 5.05. The van der Waals surface area contributed by atoms with Crippen LogP contribution in [0, 0.1) is 6.92 Å². The van der Waals surface area contributed by atoms with E-state index in [-0.39, 0.29) is 34.6 Å². The average molecular weight is 673 g/mol. The van der Waals surface area contributed by atoms with Crippen molar-refractivity contribution in [2.24, 2.45) is 0 Å². The van der Waals surface area contributed by atoms with Crippen LogP contribution in [-0.4, -0.2) is 97.3 Å². The normalized spacial score (nSPS) is 15.7. The van der Waals surface area contributed by atoms with Crippen molar-refractivity contribution in [2.75, 3.05) is 71.2 Å². The molecule has 14 heteroatoms. The summed E-state index contributed by atoms with van der Waals surface area (Å²) in [5.41, 5.74) is 3.71. The number of piperazine rings is 1. The minimum atomic E-state index is -0.833. The van der Waals surface area contributed by atoms with Crippen LogP contribution >= 0.6 is 11.6 Å². The molecule has 13 nitrogen and oxygen atoms in total. The molecule has 1 aliphatic carbocycles. The van der Waals surface area contributed by atoms with E-state index in [1.807, 2.05) is 6.07 Å². The number of rotatable bonds is 11. The van der Waals surface area contributed by atoms with E-state index in [2.05, 4.69) is 58.2 Å². The maximum atomic E-state index is 13.2. The number of fused-ring (bicyclic) bond motifs is 1. The quantitative estimate of drug-likeness (QED) is 0.222. The lowest BCUT2D eigenvalue weighted by Gasteiger charge is -2.32. The second kappa shape index (κ2) is 15.7. The molecule has 1 amide bonds. The van der Waals surface area contributed by atoms with E-state index in [0.717, 1.165) is 70.0 Å². The number of hydrogen-bond acceptors (Lipinski definition) is 11. The first kappa shape index (κ1) is 35.8. The maximum Gasteiger partial charge on any atom is 0.300 e. The van der Waals surface area contributed by atoms with E-state index < -0.39 is 11.9 Å². The predicted molar refractivity (Wildman–Crippen MR) is 180 cm³/mol. The number of carboxylic acids is 1. The molecule has 0 spiro atoms. The van der Waals surface area contributed by atoms with Crippen LogP contribution < -0.4 is 24.8 Å². The Morgan fingerprint density at radius 1 is 1.11 bits per heavy atom. The van der Waals surface area contributed by atoms with Crippen molar-refractivity contribution in [3.05, 3.63) is 45.7 Å². The van der Waals surface area contributed by atoms with Gasteiger partial charge in [0.25, 0.3) is 17.8 Å². The number of aryl methyl sites for hydroxylation is 1. The number of aromatic nitrogens is 2. The van der Waals surface area contributed by atoms with Gasteiger partial charge >= 0.3 is 0 Å². The van der Waals surface area contributed by atoms with Crippen LogP contribution in [0.25, 0.3) is 0 Å². The van der Waals surface area contributed by atoms with Crippen molar-refractivity contribution >= 4 is 35.1 Å². The van der Waals surface area contributed by atoms with Crippen LogP contribution in [0.1, 0.15) is 60.9 Å². The number of methoxy groups -OCH3 is 2. The van der Waals surface area contributed by atoms with Crippen molar-refractivity contribution in [2.45, 2.75) is 52.4 Å². The Balaban J connectivity index is 0.00000118. The molecule has 256 valence electrons. The zero-order valence-electron chi connectivity index (χ0n) is 28.2. The minimum Gasteiger partial charge on any atom is -0.481 e. The number of anilines is 2. The molecule has 3 aromatic rings. The van der Waals surface area contributed by atoms with E-state index >= 15 is 0 Å². The second-order valence-electron chi connectivity index (χ2n) is 12.3. The van der Waals surface area contributed by atoms with Crippen LogP contribution in [0.4, 0.5) is 11.6 Å². The summed E-state index contributed by atoms with van der Waals surface area (Å²) in [5, 5.41) is 13.9. The third kappa shape index (κ3) is 9.05. The third-order valence-electron chi connectivity index (χ3n) is 8.21. The molecular weight excluding hydrogens is 628 g/mol. The Hall–Kier alpha value is -4.07. The van der Waals surface area contributed by atoms with Gasteiger partial charge in [0.2, 0.25) is 17.7 Å². The summed E-state index contributed by atoms with van der Waals surface area (Å²) in [4.78, 5) is 35.9. The number of hydrogen-bond donors (Lipinski definition) is 3. The highest BCUT2D eigenvalue weighted by Gasteiger charge is 2.35. The van der Waals surface area contributed by atoms with E-state index in [0.29, 0.717) is 23.3 Å². The summed E-state index contributed by atoms with van der Waals surface area (Å²) in [6.45, 7) is 13.6. The molecule has 0 atom stereocenters. The van der Waals surface area contributed by atoms with Crippen molar-refractivity contribution in [3.8, 4) is 23.5 Å². The fourth-order valence-corrected chi connectivity index (χ4v) is 6.24. The van der Waals surface area contributed by atoms with Gasteiger partial charge in [0.1, 0.15) is 0 Å². The molecule has 1 saturated heterocycles. The van der Waals surface area contributed by atoms with Gasteiger partial charge in [-0.3, -0.25) is 9.59 Å². The van der Waals surface area contributed by atoms with Gasteiger partial charge in [-0.25, -0.2) is 0 Å². The molecule has 3 N–H and O–H groups in total. The van der Waals surface area contributed by atoms with Crippen LogP contribution in [-0.2, 0) is 16.6 Å². The summed E-state index contributed by atoms with van der Waals surface area (Å²) < 4.78 is 22.8. The van der Waals surface area contributed by atoms with Crippen LogP contribution in [0.2, 0.25) is 5.02 Å². The molecule has 2 aromatic heterocycles. The molecule has 0 radical (unpaired) electrons. The summed E-state index contributed by atoms with van der Waals surface area (Å²) in [7, 11) is 5.09. The van der Waals surface area contributed by atoms with Crippen molar-refractivity contribution in [1.82, 2.24) is 19.8 Å². The fraction of sp³-hybridized carbons (Fsp3) is 0.515. The highest BCUT2D eigenvalue weighted by Crippen LogP contribution is 2.48. The molecule has 47 heavy (non-hydrogen) atoms. The van der Waals surface area contributed by atoms with Gasteiger partial charge in [-0.15, -0.1) is 0 Å². The molecule has 1 aromatic carbocycles. The van der Waals surface area contributed by atoms with Crippen LogP contribution in [0.15, 0.2) is 22.6 Å². The number of aliphatic carboxylic acids is 1. The first-order valence-corrected chi connectivity index (χ1v) is 16.0. The molecule has 1 aliphatic heterocycles. The second-order valence-corrected chi connectivity index (χ2v) is 12.7. The Bertz CT molecular complexity index is 1540. The molecule has 2 aliphatic rings. The zero-order chi connectivity index (χ0) is 34.3. The molecule has 1 fully saturated rings. The lowest BCUT2D eigenvalue weighted by atomic mass is 9.84. The van der Waals surface area contributed by atoms with Gasteiger partial charge < -0.3 is 44.2 Å². The number of ether oxygens (including phenoxy) is 3. The Labute approximate surface area is 280 Å².